The second-order valence-corrected chi connectivity index (χ2v) is 11.1. The molecule has 33 heavy (non-hydrogen) atoms. The molecular formula is C21H28F2O9S. The highest BCUT2D eigenvalue weighted by molar-refractivity contribution is 7.86. The zero-order valence-corrected chi connectivity index (χ0v) is 18.8. The Bertz CT molecular complexity index is 905. The van der Waals surface area contributed by atoms with Gasteiger partial charge in [0.05, 0.1) is 24.4 Å². The second kappa shape index (κ2) is 9.09. The summed E-state index contributed by atoms with van der Waals surface area (Å²) in [5, 5.41) is -4.25. The number of fused-ring (bicyclic) bond motifs is 1. The van der Waals surface area contributed by atoms with E-state index in [1.54, 1.807) is 0 Å². The molecule has 2 bridgehead atoms. The highest BCUT2D eigenvalue weighted by Crippen LogP contribution is 2.55. The molecule has 7 atom stereocenters. The van der Waals surface area contributed by atoms with Gasteiger partial charge in [-0.25, -0.2) is 0 Å². The van der Waals surface area contributed by atoms with Crippen molar-refractivity contribution in [1.82, 2.24) is 0 Å². The molecule has 9 nitrogen and oxygen atoms in total. The highest BCUT2D eigenvalue weighted by Gasteiger charge is 2.63. The first-order chi connectivity index (χ1) is 15.5. The minimum absolute atomic E-state index is 0.0158. The van der Waals surface area contributed by atoms with Gasteiger partial charge in [0.2, 0.25) is 0 Å². The minimum Gasteiger partial charge on any atom is -0.465 e. The van der Waals surface area contributed by atoms with Crippen LogP contribution in [0.1, 0.15) is 57.8 Å². The van der Waals surface area contributed by atoms with Crippen LogP contribution >= 0.6 is 0 Å². The summed E-state index contributed by atoms with van der Waals surface area (Å²) in [4.78, 5) is 37.4. The zero-order chi connectivity index (χ0) is 24.0. The molecule has 0 spiro atoms. The molecule has 1 saturated heterocycles. The lowest BCUT2D eigenvalue weighted by molar-refractivity contribution is -0.173. The third-order valence-electron chi connectivity index (χ3n) is 7.52. The zero-order valence-electron chi connectivity index (χ0n) is 18.0. The van der Waals surface area contributed by atoms with E-state index in [9.17, 15) is 31.6 Å². The topological polar surface area (TPSA) is 133 Å². The number of carbonyl (C=O) groups excluding carboxylic acids is 3. The molecule has 0 aromatic heterocycles. The molecule has 0 aromatic rings. The Morgan fingerprint density at radius 2 is 1.76 bits per heavy atom. The van der Waals surface area contributed by atoms with Gasteiger partial charge in [0.25, 0.3) is 0 Å². The van der Waals surface area contributed by atoms with Gasteiger partial charge in [-0.1, -0.05) is 12.8 Å². The lowest BCUT2D eigenvalue weighted by Gasteiger charge is -2.31. The largest absolute Gasteiger partial charge is 0.465 e. The van der Waals surface area contributed by atoms with Gasteiger partial charge in [-0.05, 0) is 38.5 Å². The molecule has 4 rings (SSSR count). The third-order valence-corrected chi connectivity index (χ3v) is 8.48. The Morgan fingerprint density at radius 1 is 1.09 bits per heavy atom. The molecule has 0 radical (unpaired) electrons. The molecule has 1 N–H and O–H groups in total. The molecule has 1 aliphatic heterocycles. The second-order valence-electron chi connectivity index (χ2n) is 9.54. The molecule has 1 heterocycles. The van der Waals surface area contributed by atoms with Gasteiger partial charge in [-0.2, -0.15) is 17.2 Å². The van der Waals surface area contributed by atoms with Crippen molar-refractivity contribution in [2.24, 2.45) is 29.6 Å². The highest BCUT2D eigenvalue weighted by atomic mass is 32.2. The van der Waals surface area contributed by atoms with Crippen molar-refractivity contribution in [2.45, 2.75) is 75.2 Å². The molecule has 7 unspecified atom stereocenters. The van der Waals surface area contributed by atoms with Crippen LogP contribution in [-0.2, 0) is 38.7 Å². The normalized spacial score (nSPS) is 35.4. The van der Waals surface area contributed by atoms with E-state index in [1.165, 1.54) is 0 Å². The summed E-state index contributed by atoms with van der Waals surface area (Å²) >= 11 is 0. The first-order valence-electron chi connectivity index (χ1n) is 11.4. The van der Waals surface area contributed by atoms with E-state index in [0.717, 1.165) is 19.3 Å². The number of alkyl halides is 2. The van der Waals surface area contributed by atoms with Gasteiger partial charge in [-0.3, -0.25) is 18.9 Å². The minimum atomic E-state index is -5.48. The van der Waals surface area contributed by atoms with Crippen molar-refractivity contribution in [3.05, 3.63) is 0 Å². The molecule has 12 heteroatoms. The molecular weight excluding hydrogens is 466 g/mol. The maximum Gasteiger partial charge on any atom is 0.370 e. The average Bonchev–Trinajstić information content (AvgIpc) is 3.37. The van der Waals surface area contributed by atoms with Crippen LogP contribution in [0.25, 0.3) is 0 Å². The first-order valence-corrected chi connectivity index (χ1v) is 12.9. The summed E-state index contributed by atoms with van der Waals surface area (Å²) in [5.41, 5.74) is 0. The van der Waals surface area contributed by atoms with Crippen molar-refractivity contribution in [1.29, 1.82) is 0 Å². The number of unbranched alkanes of at least 4 members (excludes halogenated alkanes) is 1. The SMILES string of the molecule is O=C(OCCCCC(F)(F)S(=O)(=O)O)C1CCCCC1C(=O)OC1C2CC3C(=O)OC1C3C2. The Morgan fingerprint density at radius 3 is 2.42 bits per heavy atom. The maximum atomic E-state index is 13.2. The van der Waals surface area contributed by atoms with Gasteiger partial charge in [0.15, 0.2) is 0 Å². The van der Waals surface area contributed by atoms with Crippen LogP contribution in [0.2, 0.25) is 0 Å². The van der Waals surface area contributed by atoms with Crippen molar-refractivity contribution in [3.8, 4) is 0 Å². The summed E-state index contributed by atoms with van der Waals surface area (Å²) in [6.45, 7) is -0.204. The van der Waals surface area contributed by atoms with E-state index >= 15 is 0 Å². The van der Waals surface area contributed by atoms with Gasteiger partial charge in [0.1, 0.15) is 12.2 Å². The molecule has 186 valence electrons. The quantitative estimate of drug-likeness (QED) is 0.222. The predicted molar refractivity (Wildman–Crippen MR) is 106 cm³/mol. The molecule has 4 fully saturated rings. The van der Waals surface area contributed by atoms with Gasteiger partial charge in [-0.15, -0.1) is 0 Å². The van der Waals surface area contributed by atoms with E-state index in [4.69, 9.17) is 18.8 Å². The van der Waals surface area contributed by atoms with E-state index < -0.39 is 57.8 Å². The van der Waals surface area contributed by atoms with Crippen LogP contribution in [0.5, 0.6) is 0 Å². The van der Waals surface area contributed by atoms with E-state index in [2.05, 4.69) is 0 Å². The smallest absolute Gasteiger partial charge is 0.370 e. The monoisotopic (exact) mass is 494 g/mol. The summed E-state index contributed by atoms with van der Waals surface area (Å²) in [7, 11) is -5.48. The molecule has 3 saturated carbocycles. The van der Waals surface area contributed by atoms with Crippen LogP contribution < -0.4 is 0 Å². The fourth-order valence-corrected chi connectivity index (χ4v) is 6.23. The number of carbonyl (C=O) groups is 3. The maximum absolute atomic E-state index is 13.2. The van der Waals surface area contributed by atoms with Gasteiger partial charge < -0.3 is 14.2 Å². The van der Waals surface area contributed by atoms with Crippen molar-refractivity contribution >= 4 is 28.0 Å². The number of hydrogen-bond donors (Lipinski definition) is 1. The predicted octanol–water partition coefficient (Wildman–Crippen LogP) is 2.48. The summed E-state index contributed by atoms with van der Waals surface area (Å²) < 4.78 is 72.5. The summed E-state index contributed by atoms with van der Waals surface area (Å²) in [5.74, 6) is -2.62. The summed E-state index contributed by atoms with van der Waals surface area (Å²) in [6, 6.07) is 0. The third kappa shape index (κ3) is 4.73. The average molecular weight is 495 g/mol. The van der Waals surface area contributed by atoms with E-state index in [-0.39, 0.29) is 43.2 Å². The van der Waals surface area contributed by atoms with Crippen LogP contribution in [0.4, 0.5) is 8.78 Å². The molecule has 0 aromatic carbocycles. The van der Waals surface area contributed by atoms with E-state index in [0.29, 0.717) is 19.3 Å². The van der Waals surface area contributed by atoms with Crippen molar-refractivity contribution < 1.29 is 50.3 Å². The van der Waals surface area contributed by atoms with Gasteiger partial charge in [0, 0.05) is 18.3 Å². The fourth-order valence-electron chi connectivity index (χ4n) is 5.82. The Balaban J connectivity index is 1.26. The number of rotatable bonds is 9. The first kappa shape index (κ1) is 24.3. The Labute approximate surface area is 190 Å². The van der Waals surface area contributed by atoms with Crippen LogP contribution in [0, 0.1) is 29.6 Å². The Kier molecular flexibility index (Phi) is 6.69. The van der Waals surface area contributed by atoms with Gasteiger partial charge >= 0.3 is 33.3 Å². The van der Waals surface area contributed by atoms with Crippen molar-refractivity contribution in [2.75, 3.05) is 6.61 Å². The number of ether oxygens (including phenoxy) is 3. The van der Waals surface area contributed by atoms with E-state index in [1.807, 2.05) is 0 Å². The Hall–Kier alpha value is -1.82. The number of halogens is 2. The fraction of sp³-hybridized carbons (Fsp3) is 0.857. The lowest BCUT2D eigenvalue weighted by atomic mass is 9.79. The number of hydrogen-bond acceptors (Lipinski definition) is 8. The summed E-state index contributed by atoms with van der Waals surface area (Å²) in [6.07, 6.45) is 1.59. The van der Waals surface area contributed by atoms with Crippen LogP contribution in [0.3, 0.4) is 0 Å². The molecule has 4 aliphatic rings. The molecule has 0 amide bonds. The number of esters is 3. The standard InChI is InChI=1S/C21H28F2O9S/c22-21(23,33(27,28)29)7-3-4-8-30-18(24)12-5-1-2-6-13(12)19(25)31-16-11-9-14-15(10-11)20(26)32-17(14)16/h11-17H,1-10H2,(H,27,28,29). The lowest BCUT2D eigenvalue weighted by Crippen LogP contribution is -2.41. The van der Waals surface area contributed by atoms with Crippen LogP contribution in [0.15, 0.2) is 0 Å². The molecule has 3 aliphatic carbocycles. The van der Waals surface area contributed by atoms with Crippen LogP contribution in [-0.4, -0.2) is 54.9 Å². The van der Waals surface area contributed by atoms with Crippen molar-refractivity contribution in [3.63, 3.8) is 0 Å².